The average molecular weight is 697 g/mol. The molecule has 54 heavy (non-hydrogen) atoms. The molecule has 7 aromatic carbocycles. The first kappa shape index (κ1) is 30.9. The minimum absolute atomic E-state index is 0.00944. The van der Waals surface area contributed by atoms with E-state index >= 15 is 0 Å². The van der Waals surface area contributed by atoms with Crippen LogP contribution < -0.4 is 4.90 Å². The van der Waals surface area contributed by atoms with Crippen molar-refractivity contribution in [3.8, 4) is 22.6 Å². The molecule has 4 heteroatoms. The zero-order chi connectivity index (χ0) is 36.0. The van der Waals surface area contributed by atoms with Gasteiger partial charge < -0.3 is 13.7 Å². The second-order valence-corrected chi connectivity index (χ2v) is 15.1. The van der Waals surface area contributed by atoms with Crippen molar-refractivity contribution in [2.45, 2.75) is 32.1 Å². The number of allylic oxidation sites excluding steroid dienone is 4. The predicted molar refractivity (Wildman–Crippen MR) is 223 cm³/mol. The summed E-state index contributed by atoms with van der Waals surface area (Å²) in [5.74, 6) is 0.641. The van der Waals surface area contributed by atoms with E-state index in [9.17, 15) is 0 Å². The third-order valence-electron chi connectivity index (χ3n) is 11.6. The Morgan fingerprint density at radius 1 is 0.593 bits per heavy atom. The molecule has 9 aromatic rings. The number of para-hydroxylation sites is 1. The van der Waals surface area contributed by atoms with E-state index in [1.54, 1.807) is 0 Å². The Labute approximate surface area is 313 Å². The third-order valence-corrected chi connectivity index (χ3v) is 11.6. The smallest absolute Gasteiger partial charge is 0.227 e. The number of anilines is 3. The molecule has 2 aliphatic rings. The molecule has 0 saturated heterocycles. The van der Waals surface area contributed by atoms with E-state index in [1.165, 1.54) is 22.3 Å². The van der Waals surface area contributed by atoms with Crippen LogP contribution in [0.25, 0.3) is 72.0 Å². The number of fused-ring (bicyclic) bond motifs is 8. The molecule has 0 radical (unpaired) electrons. The number of oxazole rings is 1. The molecule has 0 amide bonds. The molecule has 0 spiro atoms. The van der Waals surface area contributed by atoms with Crippen LogP contribution in [0, 0.1) is 0 Å². The monoisotopic (exact) mass is 696 g/mol. The van der Waals surface area contributed by atoms with Crippen LogP contribution in [0.15, 0.2) is 172 Å². The van der Waals surface area contributed by atoms with E-state index in [0.717, 1.165) is 90.4 Å². The van der Waals surface area contributed by atoms with Gasteiger partial charge in [-0.15, -0.1) is 0 Å². The van der Waals surface area contributed by atoms with Crippen LogP contribution in [0.5, 0.6) is 0 Å². The van der Waals surface area contributed by atoms with Crippen LogP contribution in [0.2, 0.25) is 0 Å². The Hall–Kier alpha value is -6.65. The summed E-state index contributed by atoms with van der Waals surface area (Å²) in [4.78, 5) is 7.17. The molecule has 11 rings (SSSR count). The molecule has 258 valence electrons. The lowest BCUT2D eigenvalue weighted by Gasteiger charge is -2.28. The first-order chi connectivity index (χ1) is 26.5. The molecule has 0 N–H and O–H groups in total. The fourth-order valence-electron chi connectivity index (χ4n) is 8.84. The number of hydrogen-bond donors (Lipinski definition) is 0. The van der Waals surface area contributed by atoms with E-state index in [-0.39, 0.29) is 5.41 Å². The van der Waals surface area contributed by atoms with Crippen molar-refractivity contribution in [3.63, 3.8) is 0 Å². The molecule has 2 aromatic heterocycles. The summed E-state index contributed by atoms with van der Waals surface area (Å²) < 4.78 is 12.6. The van der Waals surface area contributed by atoms with E-state index in [1.807, 2.05) is 42.5 Å². The lowest BCUT2D eigenvalue weighted by atomic mass is 9.80. The van der Waals surface area contributed by atoms with Crippen molar-refractivity contribution in [2.24, 2.45) is 0 Å². The van der Waals surface area contributed by atoms with Gasteiger partial charge in [-0.2, -0.15) is 0 Å². The lowest BCUT2D eigenvalue weighted by molar-refractivity contribution is 0.623. The molecule has 2 heterocycles. The van der Waals surface area contributed by atoms with Gasteiger partial charge in [-0.3, -0.25) is 0 Å². The van der Waals surface area contributed by atoms with E-state index < -0.39 is 0 Å². The molecule has 2 aliphatic carbocycles. The molecule has 4 nitrogen and oxygen atoms in total. The third kappa shape index (κ3) is 4.73. The highest BCUT2D eigenvalue weighted by molar-refractivity contribution is 6.07. The molecule has 0 atom stereocenters. The fourth-order valence-corrected chi connectivity index (χ4v) is 8.84. The van der Waals surface area contributed by atoms with Crippen LogP contribution in [0.1, 0.15) is 37.8 Å². The van der Waals surface area contributed by atoms with E-state index in [4.69, 9.17) is 13.8 Å². The van der Waals surface area contributed by atoms with Gasteiger partial charge in [0.25, 0.3) is 0 Å². The van der Waals surface area contributed by atoms with Crippen molar-refractivity contribution in [2.75, 3.05) is 4.90 Å². The standard InChI is InChI=1S/C50H36N2O2/c1-50(2)43-14-8-6-12-39(43)41-29-36(22-25-44(41)50)52(37-23-27-47-42(30-37)40-13-7-9-15-46(40)53-47)35-20-16-31(17-21-35)33-18-24-38-34(28-33)19-26-45-48(38)54-49(51-45)32-10-4-3-5-11-32/h3-5,7-11,13-30H,6,12H2,1-2H3. The Morgan fingerprint density at radius 3 is 2.24 bits per heavy atom. The summed E-state index contributed by atoms with van der Waals surface area (Å²) in [7, 11) is 0. The average Bonchev–Trinajstić information content (AvgIpc) is 3.89. The minimum atomic E-state index is -0.00944. The van der Waals surface area contributed by atoms with Gasteiger partial charge in [0.15, 0.2) is 5.58 Å². The van der Waals surface area contributed by atoms with E-state index in [0.29, 0.717) is 5.89 Å². The predicted octanol–water partition coefficient (Wildman–Crippen LogP) is 14.1. The number of hydrogen-bond acceptors (Lipinski definition) is 4. The first-order valence-corrected chi connectivity index (χ1v) is 18.8. The lowest BCUT2D eigenvalue weighted by Crippen LogP contribution is -2.17. The number of furan rings is 1. The Kier molecular flexibility index (Phi) is 6.69. The normalized spacial score (nSPS) is 14.7. The van der Waals surface area contributed by atoms with Crippen molar-refractivity contribution >= 4 is 66.4 Å². The van der Waals surface area contributed by atoms with Gasteiger partial charge >= 0.3 is 0 Å². The highest BCUT2D eigenvalue weighted by Crippen LogP contribution is 2.52. The zero-order valence-electron chi connectivity index (χ0n) is 30.1. The van der Waals surface area contributed by atoms with Gasteiger partial charge in [0.2, 0.25) is 5.89 Å². The van der Waals surface area contributed by atoms with Gasteiger partial charge in [0.1, 0.15) is 16.7 Å². The Bertz CT molecular complexity index is 3010. The Balaban J connectivity index is 1.01. The van der Waals surface area contributed by atoms with Crippen molar-refractivity contribution in [3.05, 3.63) is 174 Å². The van der Waals surface area contributed by atoms with Crippen LogP contribution in [0.3, 0.4) is 0 Å². The maximum absolute atomic E-state index is 6.32. The van der Waals surface area contributed by atoms with Gasteiger partial charge in [-0.05, 0) is 130 Å². The zero-order valence-corrected chi connectivity index (χ0v) is 30.1. The van der Waals surface area contributed by atoms with Crippen molar-refractivity contribution in [1.82, 2.24) is 4.98 Å². The van der Waals surface area contributed by atoms with Gasteiger partial charge in [0, 0.05) is 44.2 Å². The van der Waals surface area contributed by atoms with Crippen molar-refractivity contribution < 1.29 is 8.83 Å². The number of nitrogens with zero attached hydrogens (tertiary/aromatic N) is 2. The molecule has 0 unspecified atom stereocenters. The summed E-state index contributed by atoms with van der Waals surface area (Å²) in [6.07, 6.45) is 6.85. The molecule has 0 aliphatic heterocycles. The second kappa shape index (κ2) is 11.7. The summed E-state index contributed by atoms with van der Waals surface area (Å²) in [6, 6.07) is 51.7. The van der Waals surface area contributed by atoms with Gasteiger partial charge in [0.05, 0.1) is 0 Å². The second-order valence-electron chi connectivity index (χ2n) is 15.1. The maximum Gasteiger partial charge on any atom is 0.227 e. The molecule has 0 bridgehead atoms. The fraction of sp³-hybridized carbons (Fsp3) is 0.100. The quantitative estimate of drug-likeness (QED) is 0.180. The van der Waals surface area contributed by atoms with Gasteiger partial charge in [-0.1, -0.05) is 92.7 Å². The highest BCUT2D eigenvalue weighted by atomic mass is 16.3. The minimum Gasteiger partial charge on any atom is -0.456 e. The number of rotatable bonds is 5. The largest absolute Gasteiger partial charge is 0.456 e. The number of aromatic nitrogens is 1. The van der Waals surface area contributed by atoms with Crippen molar-refractivity contribution in [1.29, 1.82) is 0 Å². The van der Waals surface area contributed by atoms with Gasteiger partial charge in [-0.25, -0.2) is 4.98 Å². The molecule has 0 saturated carbocycles. The summed E-state index contributed by atoms with van der Waals surface area (Å²) in [5.41, 5.74) is 15.8. The molecular formula is C50H36N2O2. The Morgan fingerprint density at radius 2 is 1.35 bits per heavy atom. The number of benzene rings is 7. The molecule has 0 fully saturated rings. The maximum atomic E-state index is 6.32. The van der Waals surface area contributed by atoms with Crippen LogP contribution >= 0.6 is 0 Å². The van der Waals surface area contributed by atoms with Crippen LogP contribution in [-0.4, -0.2) is 4.98 Å². The van der Waals surface area contributed by atoms with E-state index in [2.05, 4.69) is 134 Å². The van der Waals surface area contributed by atoms with Crippen LogP contribution in [-0.2, 0) is 5.41 Å². The SMILES string of the molecule is CC1(C)C2=C(CCC=C2)c2cc(N(c3ccc(-c4ccc5c(ccc6nc(-c7ccccc7)oc65)c4)cc3)c3ccc4oc5ccccc5c4c3)ccc21. The van der Waals surface area contributed by atoms with Crippen LogP contribution in [0.4, 0.5) is 17.1 Å². The highest BCUT2D eigenvalue weighted by Gasteiger charge is 2.37. The molecular weight excluding hydrogens is 661 g/mol. The summed E-state index contributed by atoms with van der Waals surface area (Å²) in [5, 5.41) is 4.42. The summed E-state index contributed by atoms with van der Waals surface area (Å²) >= 11 is 0. The summed E-state index contributed by atoms with van der Waals surface area (Å²) in [6.45, 7) is 4.72. The topological polar surface area (TPSA) is 42.4 Å². The first-order valence-electron chi connectivity index (χ1n) is 18.8.